The van der Waals surface area contributed by atoms with Crippen molar-refractivity contribution in [3.8, 4) is 0 Å². The molecule has 0 bridgehead atoms. The van der Waals surface area contributed by atoms with Gasteiger partial charge in [0.15, 0.2) is 0 Å². The van der Waals surface area contributed by atoms with Crippen molar-refractivity contribution in [1.82, 2.24) is 9.21 Å². The zero-order valence-corrected chi connectivity index (χ0v) is 11.9. The Hall–Kier alpha value is 0.0300. The van der Waals surface area contributed by atoms with Crippen LogP contribution in [0.15, 0.2) is 0 Å². The van der Waals surface area contributed by atoms with E-state index in [-0.39, 0.29) is 5.48 Å². The molecular formula is C12H26N2O2S. The first-order chi connectivity index (χ1) is 7.57. The van der Waals surface area contributed by atoms with E-state index in [1.54, 1.807) is 0 Å². The molecule has 0 aliphatic carbocycles. The zero-order valence-electron chi connectivity index (χ0n) is 11.1. The molecule has 0 aromatic carbocycles. The van der Waals surface area contributed by atoms with E-state index in [0.29, 0.717) is 5.41 Å². The van der Waals surface area contributed by atoms with Gasteiger partial charge >= 0.3 is 0 Å². The van der Waals surface area contributed by atoms with Crippen LogP contribution in [0.1, 0.15) is 39.5 Å². The Balaban J connectivity index is 0.00000144. The van der Waals surface area contributed by atoms with Gasteiger partial charge in [0.25, 0.3) is 0 Å². The van der Waals surface area contributed by atoms with Crippen molar-refractivity contribution in [2.45, 2.75) is 39.5 Å². The molecule has 2 aliphatic heterocycles. The van der Waals surface area contributed by atoms with E-state index in [1.807, 2.05) is 0 Å². The van der Waals surface area contributed by atoms with E-state index in [4.69, 9.17) is 0 Å². The van der Waals surface area contributed by atoms with E-state index in [1.165, 1.54) is 25.7 Å². The lowest BCUT2D eigenvalue weighted by molar-refractivity contribution is 0.199. The highest BCUT2D eigenvalue weighted by Crippen LogP contribution is 2.30. The van der Waals surface area contributed by atoms with E-state index in [2.05, 4.69) is 23.1 Å². The number of piperidine rings is 1. The number of likely N-dealkylation sites (tertiary alicyclic amines) is 1. The van der Waals surface area contributed by atoms with Crippen molar-refractivity contribution in [1.29, 1.82) is 0 Å². The maximum atomic E-state index is 12.2. The number of hydrogen-bond donors (Lipinski definition) is 0. The van der Waals surface area contributed by atoms with Crippen molar-refractivity contribution in [2.24, 2.45) is 5.41 Å². The topological polar surface area (TPSA) is 55.1 Å². The lowest BCUT2D eigenvalue weighted by Gasteiger charge is -2.36. The third-order valence-electron chi connectivity index (χ3n) is 3.86. The molecule has 2 aliphatic rings. The van der Waals surface area contributed by atoms with Crippen molar-refractivity contribution < 1.29 is 9.69 Å². The molecule has 2 N–H and O–H groups in total. The highest BCUT2D eigenvalue weighted by atomic mass is 32.2. The predicted octanol–water partition coefficient (Wildman–Crippen LogP) is 1.00. The second kappa shape index (κ2) is 6.27. The average Bonchev–Trinajstić information content (AvgIpc) is 2.70. The highest BCUT2D eigenvalue weighted by molar-refractivity contribution is 7.82. The number of rotatable bonds is 3. The van der Waals surface area contributed by atoms with Gasteiger partial charge in [-0.25, -0.2) is 8.51 Å². The summed E-state index contributed by atoms with van der Waals surface area (Å²) in [6, 6.07) is 0. The molecular weight excluding hydrogens is 236 g/mol. The average molecular weight is 262 g/mol. The smallest absolute Gasteiger partial charge is 0.109 e. The summed E-state index contributed by atoms with van der Waals surface area (Å²) in [4.78, 5) is 2.34. The summed E-state index contributed by atoms with van der Waals surface area (Å²) in [7, 11) is -0.770. The van der Waals surface area contributed by atoms with E-state index in [9.17, 15) is 4.21 Å². The Morgan fingerprint density at radius 3 is 2.12 bits per heavy atom. The van der Waals surface area contributed by atoms with Crippen LogP contribution in [-0.2, 0) is 11.0 Å². The molecule has 0 saturated carbocycles. The second-order valence-corrected chi connectivity index (χ2v) is 7.29. The van der Waals surface area contributed by atoms with Crippen molar-refractivity contribution in [3.63, 3.8) is 0 Å². The summed E-state index contributed by atoms with van der Waals surface area (Å²) in [5.41, 5.74) is 0.453. The normalized spacial score (nSPS) is 27.6. The molecule has 2 fully saturated rings. The van der Waals surface area contributed by atoms with Crippen LogP contribution in [0.25, 0.3) is 0 Å². The van der Waals surface area contributed by atoms with E-state index >= 15 is 0 Å². The fourth-order valence-corrected chi connectivity index (χ4v) is 3.77. The van der Waals surface area contributed by atoms with Gasteiger partial charge in [-0.05, 0) is 44.2 Å². The van der Waals surface area contributed by atoms with Crippen LogP contribution < -0.4 is 0 Å². The minimum atomic E-state index is -0.770. The summed E-state index contributed by atoms with van der Waals surface area (Å²) >= 11 is 0. The standard InChI is InChI=1S/C12H24N2OS.H2O/c1-12(2)5-9-14(10-6-12)16(15)11-13-7-3-4-8-13;/h3-11H2,1-2H3;1H2. The van der Waals surface area contributed by atoms with Gasteiger partial charge in [-0.2, -0.15) is 0 Å². The van der Waals surface area contributed by atoms with Crippen molar-refractivity contribution in [2.75, 3.05) is 32.1 Å². The monoisotopic (exact) mass is 262 g/mol. The van der Waals surface area contributed by atoms with E-state index < -0.39 is 11.0 Å². The highest BCUT2D eigenvalue weighted by Gasteiger charge is 2.28. The third kappa shape index (κ3) is 4.32. The maximum Gasteiger partial charge on any atom is 0.109 e. The van der Waals surface area contributed by atoms with Gasteiger partial charge in [-0.15, -0.1) is 0 Å². The molecule has 1 atom stereocenters. The Morgan fingerprint density at radius 2 is 1.59 bits per heavy atom. The zero-order chi connectivity index (χ0) is 11.6. The molecule has 5 heteroatoms. The van der Waals surface area contributed by atoms with Crippen LogP contribution in [0.4, 0.5) is 0 Å². The first-order valence-corrected chi connectivity index (χ1v) is 7.70. The number of hydrogen-bond acceptors (Lipinski definition) is 2. The molecule has 1 unspecified atom stereocenters. The van der Waals surface area contributed by atoms with Crippen LogP contribution in [0.5, 0.6) is 0 Å². The molecule has 0 amide bonds. The minimum Gasteiger partial charge on any atom is -0.412 e. The largest absolute Gasteiger partial charge is 0.412 e. The molecule has 2 saturated heterocycles. The van der Waals surface area contributed by atoms with Crippen LogP contribution in [-0.4, -0.2) is 50.9 Å². The Bertz CT molecular complexity index is 255. The van der Waals surface area contributed by atoms with Crippen molar-refractivity contribution in [3.05, 3.63) is 0 Å². The summed E-state index contributed by atoms with van der Waals surface area (Å²) in [6.45, 7) is 8.93. The molecule has 0 spiro atoms. The predicted molar refractivity (Wildman–Crippen MR) is 72.0 cm³/mol. The molecule has 17 heavy (non-hydrogen) atoms. The van der Waals surface area contributed by atoms with E-state index in [0.717, 1.165) is 32.1 Å². The van der Waals surface area contributed by atoms with Gasteiger partial charge in [0.05, 0.1) is 5.88 Å². The van der Waals surface area contributed by atoms with Crippen LogP contribution in [0.3, 0.4) is 0 Å². The Kier molecular flexibility index (Phi) is 5.57. The van der Waals surface area contributed by atoms with Gasteiger partial charge in [0, 0.05) is 13.1 Å². The van der Waals surface area contributed by atoms with Crippen molar-refractivity contribution >= 4 is 11.0 Å². The van der Waals surface area contributed by atoms with Gasteiger partial charge < -0.3 is 5.48 Å². The maximum absolute atomic E-state index is 12.2. The van der Waals surface area contributed by atoms with Crippen LogP contribution >= 0.6 is 0 Å². The third-order valence-corrected chi connectivity index (χ3v) is 5.38. The molecule has 2 heterocycles. The summed E-state index contributed by atoms with van der Waals surface area (Å²) < 4.78 is 14.3. The lowest BCUT2D eigenvalue weighted by Crippen LogP contribution is -2.41. The first-order valence-electron chi connectivity index (χ1n) is 6.43. The number of nitrogens with zero attached hydrogens (tertiary/aromatic N) is 2. The molecule has 4 nitrogen and oxygen atoms in total. The van der Waals surface area contributed by atoms with Crippen LogP contribution in [0.2, 0.25) is 0 Å². The summed E-state index contributed by atoms with van der Waals surface area (Å²) in [6.07, 6.45) is 4.92. The lowest BCUT2D eigenvalue weighted by atomic mass is 9.83. The Morgan fingerprint density at radius 1 is 1.06 bits per heavy atom. The first kappa shape index (κ1) is 15.1. The fraction of sp³-hybridized carbons (Fsp3) is 1.00. The fourth-order valence-electron chi connectivity index (χ4n) is 2.44. The summed E-state index contributed by atoms with van der Waals surface area (Å²) in [5, 5.41) is 0. The second-order valence-electron chi connectivity index (χ2n) is 5.87. The minimum absolute atomic E-state index is 0. The molecule has 2 rings (SSSR count). The van der Waals surface area contributed by atoms with Gasteiger partial charge in [-0.1, -0.05) is 13.8 Å². The van der Waals surface area contributed by atoms with Gasteiger partial charge in [0.1, 0.15) is 11.0 Å². The SMILES string of the molecule is CC1(C)CCN(S(=O)CN2CCCC2)CC1.O. The van der Waals surface area contributed by atoms with Gasteiger partial charge in [-0.3, -0.25) is 4.90 Å². The van der Waals surface area contributed by atoms with Gasteiger partial charge in [0.2, 0.25) is 0 Å². The van der Waals surface area contributed by atoms with Crippen LogP contribution in [0, 0.1) is 5.41 Å². The Labute approximate surface area is 107 Å². The molecule has 0 aromatic rings. The molecule has 0 aromatic heterocycles. The molecule has 102 valence electrons. The molecule has 0 radical (unpaired) electrons. The quantitative estimate of drug-likeness (QED) is 0.762. The summed E-state index contributed by atoms with van der Waals surface area (Å²) in [5.74, 6) is 0.764.